The molecule has 46 heavy (non-hydrogen) atoms. The minimum absolute atomic E-state index is 0.0696. The molecule has 10 nitrogen and oxygen atoms in total. The number of anilines is 2. The minimum Gasteiger partial charge on any atom is -0.493 e. The number of carbonyl (C=O) groups excluding carboxylic acids is 3. The molecule has 2 atom stereocenters. The molecule has 2 aliphatic rings. The van der Waals surface area contributed by atoms with Gasteiger partial charge < -0.3 is 34.1 Å². The van der Waals surface area contributed by atoms with Crippen molar-refractivity contribution >= 4 is 45.2 Å². The van der Waals surface area contributed by atoms with Crippen molar-refractivity contribution in [3.63, 3.8) is 0 Å². The fourth-order valence-corrected chi connectivity index (χ4v) is 6.47. The van der Waals surface area contributed by atoms with Crippen LogP contribution in [0.15, 0.2) is 59.1 Å². The van der Waals surface area contributed by atoms with Crippen LogP contribution in [0.5, 0.6) is 17.2 Å². The van der Waals surface area contributed by atoms with Crippen LogP contribution in [0, 0.1) is 12.8 Å². The summed E-state index contributed by atoms with van der Waals surface area (Å²) in [5, 5.41) is 3.10. The molecule has 0 aromatic heterocycles. The van der Waals surface area contributed by atoms with Gasteiger partial charge in [0, 0.05) is 23.4 Å². The highest BCUT2D eigenvalue weighted by atomic mass is 79.9. The number of benzene rings is 3. The summed E-state index contributed by atoms with van der Waals surface area (Å²) < 4.78 is 23.3. The van der Waals surface area contributed by atoms with Gasteiger partial charge in [0.25, 0.3) is 0 Å². The average molecular weight is 695 g/mol. The standard InChI is InChI=1S/C35H40BrN3O7/c1-21-7-10-25(11-8-21)39-30(40)14-12-26(31(39)22-9-13-28(43-5)29(18-22)44-6)33(41)37-24-17-23-20-38(34(42)46-35(2,3)4)15-16-45-32(23)27(36)19-24/h7-11,13,17-19,26,31H,12,14-16,20H2,1-6H3,(H,37,41). The number of amides is 3. The van der Waals surface area contributed by atoms with E-state index in [1.54, 1.807) is 36.2 Å². The number of hydrogen-bond donors (Lipinski definition) is 1. The molecule has 0 aliphatic carbocycles. The van der Waals surface area contributed by atoms with E-state index in [0.717, 1.165) is 16.7 Å². The molecule has 2 unspecified atom stereocenters. The fraction of sp³-hybridized carbons (Fsp3) is 0.400. The fourth-order valence-electron chi connectivity index (χ4n) is 5.86. The van der Waals surface area contributed by atoms with E-state index in [4.69, 9.17) is 18.9 Å². The Bertz CT molecular complexity index is 1620. The monoisotopic (exact) mass is 693 g/mol. The zero-order chi connectivity index (χ0) is 33.2. The van der Waals surface area contributed by atoms with Crippen molar-refractivity contribution in [2.45, 2.75) is 58.7 Å². The molecule has 11 heteroatoms. The van der Waals surface area contributed by atoms with E-state index < -0.39 is 23.7 Å². The third-order valence-corrected chi connectivity index (χ3v) is 8.59. The first-order valence-corrected chi connectivity index (χ1v) is 16.0. The lowest BCUT2D eigenvalue weighted by molar-refractivity contribution is -0.126. The van der Waals surface area contributed by atoms with Crippen molar-refractivity contribution in [1.29, 1.82) is 0 Å². The number of piperidine rings is 1. The molecule has 0 saturated carbocycles. The highest BCUT2D eigenvalue weighted by Gasteiger charge is 2.42. The summed E-state index contributed by atoms with van der Waals surface area (Å²) in [6, 6.07) is 16.2. The third kappa shape index (κ3) is 7.25. The molecule has 5 rings (SSSR count). The SMILES string of the molecule is COc1ccc(C2C(C(=O)Nc3cc(Br)c4c(c3)CN(C(=O)OC(C)(C)C)CCO4)CCC(=O)N2c2ccc(C)cc2)cc1OC. The summed E-state index contributed by atoms with van der Waals surface area (Å²) in [5.74, 6) is 0.763. The van der Waals surface area contributed by atoms with E-state index in [0.29, 0.717) is 52.7 Å². The Hall–Kier alpha value is -4.25. The molecular formula is C35H40BrN3O7. The summed E-state index contributed by atoms with van der Waals surface area (Å²) in [6.07, 6.45) is 0.131. The molecular weight excluding hydrogens is 654 g/mol. The van der Waals surface area contributed by atoms with Gasteiger partial charge in [-0.1, -0.05) is 23.8 Å². The number of ether oxygens (including phenoxy) is 4. The van der Waals surface area contributed by atoms with Crippen LogP contribution in [-0.2, 0) is 20.9 Å². The van der Waals surface area contributed by atoms with Gasteiger partial charge in [0.1, 0.15) is 18.0 Å². The molecule has 2 heterocycles. The molecule has 244 valence electrons. The molecule has 3 aromatic rings. The number of rotatable bonds is 6. The molecule has 1 N–H and O–H groups in total. The molecule has 3 amide bonds. The van der Waals surface area contributed by atoms with Crippen LogP contribution in [0.25, 0.3) is 0 Å². The van der Waals surface area contributed by atoms with Gasteiger partial charge in [0.2, 0.25) is 11.8 Å². The van der Waals surface area contributed by atoms with E-state index >= 15 is 0 Å². The molecule has 0 spiro atoms. The lowest BCUT2D eigenvalue weighted by atomic mass is 9.83. The molecule has 0 radical (unpaired) electrons. The van der Waals surface area contributed by atoms with Gasteiger partial charge in [-0.15, -0.1) is 0 Å². The van der Waals surface area contributed by atoms with Crippen molar-refractivity contribution in [3.8, 4) is 17.2 Å². The molecule has 1 saturated heterocycles. The topological polar surface area (TPSA) is 107 Å². The second kappa shape index (κ2) is 13.6. The number of methoxy groups -OCH3 is 2. The summed E-state index contributed by atoms with van der Waals surface area (Å²) in [4.78, 5) is 44.0. The predicted octanol–water partition coefficient (Wildman–Crippen LogP) is 7.03. The second-order valence-corrected chi connectivity index (χ2v) is 13.3. The molecule has 3 aromatic carbocycles. The average Bonchev–Trinajstić information content (AvgIpc) is 3.23. The number of hydrogen-bond acceptors (Lipinski definition) is 7. The number of nitrogens with one attached hydrogen (secondary N) is 1. The zero-order valence-electron chi connectivity index (χ0n) is 27.0. The van der Waals surface area contributed by atoms with Crippen LogP contribution >= 0.6 is 15.9 Å². The van der Waals surface area contributed by atoms with Gasteiger partial charge >= 0.3 is 6.09 Å². The number of fused-ring (bicyclic) bond motifs is 1. The van der Waals surface area contributed by atoms with Crippen molar-refractivity contribution in [3.05, 3.63) is 75.8 Å². The highest BCUT2D eigenvalue weighted by molar-refractivity contribution is 9.10. The Morgan fingerprint density at radius 3 is 2.39 bits per heavy atom. The van der Waals surface area contributed by atoms with Gasteiger partial charge in [-0.2, -0.15) is 0 Å². The Morgan fingerprint density at radius 1 is 1.00 bits per heavy atom. The van der Waals surface area contributed by atoms with E-state index in [9.17, 15) is 14.4 Å². The Balaban J connectivity index is 1.48. The summed E-state index contributed by atoms with van der Waals surface area (Å²) in [7, 11) is 3.12. The molecule has 1 fully saturated rings. The van der Waals surface area contributed by atoms with Gasteiger partial charge in [0.15, 0.2) is 11.5 Å². The zero-order valence-corrected chi connectivity index (χ0v) is 28.6. The van der Waals surface area contributed by atoms with Crippen molar-refractivity contribution in [1.82, 2.24) is 4.90 Å². The van der Waals surface area contributed by atoms with Crippen LogP contribution in [-0.4, -0.2) is 55.8 Å². The quantitative estimate of drug-likeness (QED) is 0.296. The first kappa shape index (κ1) is 33.1. The molecule has 0 bridgehead atoms. The van der Waals surface area contributed by atoms with E-state index in [1.807, 2.05) is 70.2 Å². The third-order valence-electron chi connectivity index (χ3n) is 8.00. The second-order valence-electron chi connectivity index (χ2n) is 12.5. The van der Waals surface area contributed by atoms with Crippen molar-refractivity contribution < 1.29 is 33.3 Å². The van der Waals surface area contributed by atoms with Crippen LogP contribution in [0.1, 0.15) is 56.3 Å². The summed E-state index contributed by atoms with van der Waals surface area (Å²) >= 11 is 3.60. The van der Waals surface area contributed by atoms with Crippen LogP contribution < -0.4 is 24.4 Å². The van der Waals surface area contributed by atoms with Gasteiger partial charge in [-0.25, -0.2) is 4.79 Å². The van der Waals surface area contributed by atoms with E-state index in [1.165, 1.54) is 0 Å². The van der Waals surface area contributed by atoms with Gasteiger partial charge in [0.05, 0.1) is 43.7 Å². The van der Waals surface area contributed by atoms with E-state index in [-0.39, 0.29) is 24.8 Å². The Labute approximate surface area is 278 Å². The predicted molar refractivity (Wildman–Crippen MR) is 179 cm³/mol. The van der Waals surface area contributed by atoms with Gasteiger partial charge in [-0.3, -0.25) is 9.59 Å². The number of halogens is 1. The van der Waals surface area contributed by atoms with Gasteiger partial charge in [-0.05, 0) is 92.0 Å². The smallest absolute Gasteiger partial charge is 0.410 e. The minimum atomic E-state index is -0.637. The largest absolute Gasteiger partial charge is 0.493 e. The normalized spacial score (nSPS) is 18.2. The van der Waals surface area contributed by atoms with Crippen molar-refractivity contribution in [2.75, 3.05) is 37.6 Å². The number of aryl methyl sites for hydroxylation is 1. The molecule has 2 aliphatic heterocycles. The summed E-state index contributed by atoms with van der Waals surface area (Å²) in [5.41, 5.74) is 3.14. The first-order chi connectivity index (χ1) is 21.9. The lowest BCUT2D eigenvalue weighted by Gasteiger charge is -2.41. The first-order valence-electron chi connectivity index (χ1n) is 15.2. The van der Waals surface area contributed by atoms with Crippen molar-refractivity contribution in [2.24, 2.45) is 5.92 Å². The van der Waals surface area contributed by atoms with Crippen LogP contribution in [0.2, 0.25) is 0 Å². The van der Waals surface area contributed by atoms with Crippen LogP contribution in [0.4, 0.5) is 16.2 Å². The Morgan fingerprint density at radius 2 is 1.72 bits per heavy atom. The maximum Gasteiger partial charge on any atom is 0.410 e. The highest BCUT2D eigenvalue weighted by Crippen LogP contribution is 2.43. The lowest BCUT2D eigenvalue weighted by Crippen LogP contribution is -2.47. The number of nitrogens with zero attached hydrogens (tertiary/aromatic N) is 2. The maximum absolute atomic E-state index is 14.2. The number of carbonyl (C=O) groups is 3. The Kier molecular flexibility index (Phi) is 9.81. The van der Waals surface area contributed by atoms with E-state index in [2.05, 4.69) is 21.2 Å². The summed E-state index contributed by atoms with van der Waals surface area (Å²) in [6.45, 7) is 8.37. The van der Waals surface area contributed by atoms with Crippen LogP contribution in [0.3, 0.4) is 0 Å². The maximum atomic E-state index is 14.2.